The summed E-state index contributed by atoms with van der Waals surface area (Å²) in [5.74, 6) is 0.316. The minimum atomic E-state index is -0.0646. The van der Waals surface area contributed by atoms with Crippen LogP contribution >= 0.6 is 0 Å². The highest BCUT2D eigenvalue weighted by Gasteiger charge is 2.32. The molecule has 1 amide bonds. The predicted octanol–water partition coefficient (Wildman–Crippen LogP) is 1.13. The van der Waals surface area contributed by atoms with Crippen molar-refractivity contribution in [3.63, 3.8) is 0 Å². The topological polar surface area (TPSA) is 97.9 Å². The molecule has 1 aliphatic heterocycles. The maximum Gasteiger partial charge on any atom is 0.257 e. The Hall–Kier alpha value is -2.57. The van der Waals surface area contributed by atoms with Crippen LogP contribution in [-0.2, 0) is 0 Å². The second-order valence-corrected chi connectivity index (χ2v) is 5.06. The summed E-state index contributed by atoms with van der Waals surface area (Å²) in [5.41, 5.74) is 7.55. The number of nitrogen functional groups attached to an aromatic ring is 1. The third kappa shape index (κ3) is 2.54. The Morgan fingerprint density at radius 2 is 2.24 bits per heavy atom. The van der Waals surface area contributed by atoms with Crippen molar-refractivity contribution in [3.05, 3.63) is 41.6 Å². The van der Waals surface area contributed by atoms with Gasteiger partial charge in [-0.15, -0.1) is 5.10 Å². The highest BCUT2D eigenvalue weighted by Crippen LogP contribution is 2.32. The quantitative estimate of drug-likeness (QED) is 0.887. The Labute approximate surface area is 122 Å². The average Bonchev–Trinajstić information content (AvgIpc) is 2.97. The Morgan fingerprint density at radius 3 is 2.95 bits per heavy atom. The van der Waals surface area contributed by atoms with Crippen LogP contribution in [-0.4, -0.2) is 37.5 Å². The number of nitrogens with two attached hydrogens (primary N) is 1. The lowest BCUT2D eigenvalue weighted by Gasteiger charge is -2.24. The van der Waals surface area contributed by atoms with Crippen LogP contribution in [0.25, 0.3) is 0 Å². The van der Waals surface area contributed by atoms with E-state index < -0.39 is 0 Å². The molecule has 0 saturated carbocycles. The van der Waals surface area contributed by atoms with Crippen molar-refractivity contribution in [1.29, 1.82) is 0 Å². The number of carbonyl (C=O) groups is 1. The number of likely N-dealkylation sites (tertiary alicyclic amines) is 1. The molecule has 0 aromatic carbocycles. The van der Waals surface area contributed by atoms with E-state index in [2.05, 4.69) is 20.2 Å². The molecule has 2 aromatic rings. The van der Waals surface area contributed by atoms with Gasteiger partial charge in [0.1, 0.15) is 12.1 Å². The fraction of sp³-hybridized carbons (Fsp3) is 0.357. The summed E-state index contributed by atoms with van der Waals surface area (Å²) in [6, 6.07) is 3.47. The highest BCUT2D eigenvalue weighted by molar-refractivity contribution is 5.95. The van der Waals surface area contributed by atoms with Gasteiger partial charge in [-0.05, 0) is 31.9 Å². The summed E-state index contributed by atoms with van der Waals surface area (Å²) >= 11 is 0. The fourth-order valence-corrected chi connectivity index (χ4v) is 2.60. The number of carbonyl (C=O) groups excluding carboxylic acids is 1. The van der Waals surface area contributed by atoms with Gasteiger partial charge in [-0.25, -0.2) is 9.97 Å². The predicted molar refractivity (Wildman–Crippen MR) is 76.2 cm³/mol. The molecule has 1 aliphatic rings. The van der Waals surface area contributed by atoms with E-state index in [0.717, 1.165) is 18.5 Å². The molecule has 1 unspecified atom stereocenters. The summed E-state index contributed by atoms with van der Waals surface area (Å²) in [5, 5.41) is 7.98. The van der Waals surface area contributed by atoms with E-state index in [1.54, 1.807) is 12.3 Å². The van der Waals surface area contributed by atoms with Crippen LogP contribution in [0, 0.1) is 6.92 Å². The molecule has 7 nitrogen and oxygen atoms in total. The van der Waals surface area contributed by atoms with Crippen molar-refractivity contribution in [3.8, 4) is 0 Å². The van der Waals surface area contributed by atoms with Gasteiger partial charge in [0.05, 0.1) is 23.0 Å². The van der Waals surface area contributed by atoms with Crippen molar-refractivity contribution >= 4 is 11.7 Å². The van der Waals surface area contributed by atoms with Crippen molar-refractivity contribution < 1.29 is 4.79 Å². The normalized spacial score (nSPS) is 18.0. The molecule has 1 atom stereocenters. The standard InChI is InChI=1S/C14H16N6O/c1-9-10(7-16-8-17-9)14(21)20-6-2-3-12(20)11-4-5-13(15)19-18-11/h4-5,7-8,12H,2-3,6H2,1H3,(H2,15,19). The van der Waals surface area contributed by atoms with Crippen LogP contribution in [0.4, 0.5) is 5.82 Å². The van der Waals surface area contributed by atoms with Crippen molar-refractivity contribution in [1.82, 2.24) is 25.1 Å². The van der Waals surface area contributed by atoms with Gasteiger partial charge in [-0.3, -0.25) is 4.79 Å². The van der Waals surface area contributed by atoms with Crippen LogP contribution in [0.1, 0.15) is 40.6 Å². The lowest BCUT2D eigenvalue weighted by atomic mass is 10.1. The fourth-order valence-electron chi connectivity index (χ4n) is 2.60. The lowest BCUT2D eigenvalue weighted by molar-refractivity contribution is 0.0730. The summed E-state index contributed by atoms with van der Waals surface area (Å²) in [7, 11) is 0. The molecular formula is C14H16N6O. The number of nitrogens with zero attached hydrogens (tertiary/aromatic N) is 5. The second kappa shape index (κ2) is 5.43. The minimum absolute atomic E-state index is 0.0609. The monoisotopic (exact) mass is 284 g/mol. The molecule has 2 N–H and O–H groups in total. The molecule has 7 heteroatoms. The zero-order valence-corrected chi connectivity index (χ0v) is 11.7. The van der Waals surface area contributed by atoms with Gasteiger partial charge in [-0.2, -0.15) is 5.10 Å². The van der Waals surface area contributed by atoms with Gasteiger partial charge in [0.2, 0.25) is 0 Å². The van der Waals surface area contributed by atoms with Crippen molar-refractivity contribution in [2.24, 2.45) is 0 Å². The number of aromatic nitrogens is 4. The molecule has 0 radical (unpaired) electrons. The van der Waals surface area contributed by atoms with E-state index in [4.69, 9.17) is 5.73 Å². The summed E-state index contributed by atoms with van der Waals surface area (Å²) < 4.78 is 0. The zero-order valence-electron chi connectivity index (χ0n) is 11.7. The summed E-state index contributed by atoms with van der Waals surface area (Å²) in [4.78, 5) is 22.5. The second-order valence-electron chi connectivity index (χ2n) is 5.06. The number of hydrogen-bond donors (Lipinski definition) is 1. The first-order chi connectivity index (χ1) is 10.2. The van der Waals surface area contributed by atoms with E-state index in [-0.39, 0.29) is 11.9 Å². The molecule has 0 bridgehead atoms. The first kappa shape index (κ1) is 13.4. The smallest absolute Gasteiger partial charge is 0.257 e. The first-order valence-corrected chi connectivity index (χ1v) is 6.83. The van der Waals surface area contributed by atoms with E-state index in [1.807, 2.05) is 17.9 Å². The van der Waals surface area contributed by atoms with Gasteiger partial charge < -0.3 is 10.6 Å². The molecule has 1 saturated heterocycles. The van der Waals surface area contributed by atoms with Gasteiger partial charge >= 0.3 is 0 Å². The maximum absolute atomic E-state index is 12.7. The molecule has 0 aliphatic carbocycles. The van der Waals surface area contributed by atoms with Gasteiger partial charge in [-0.1, -0.05) is 0 Å². The Kier molecular flexibility index (Phi) is 3.47. The minimum Gasteiger partial charge on any atom is -0.382 e. The van der Waals surface area contributed by atoms with Crippen LogP contribution in [0.2, 0.25) is 0 Å². The molecule has 2 aromatic heterocycles. The molecule has 3 rings (SSSR count). The molecule has 0 spiro atoms. The van der Waals surface area contributed by atoms with Crippen LogP contribution in [0.5, 0.6) is 0 Å². The Bertz CT molecular complexity index is 657. The average molecular weight is 284 g/mol. The first-order valence-electron chi connectivity index (χ1n) is 6.83. The molecule has 1 fully saturated rings. The lowest BCUT2D eigenvalue weighted by Crippen LogP contribution is -2.31. The number of aryl methyl sites for hydroxylation is 1. The molecular weight excluding hydrogens is 268 g/mol. The van der Waals surface area contributed by atoms with Crippen molar-refractivity contribution in [2.75, 3.05) is 12.3 Å². The maximum atomic E-state index is 12.7. The van der Waals surface area contributed by atoms with E-state index in [1.165, 1.54) is 6.33 Å². The summed E-state index contributed by atoms with van der Waals surface area (Å²) in [6.07, 6.45) is 4.82. The third-order valence-corrected chi connectivity index (χ3v) is 3.70. The van der Waals surface area contributed by atoms with Crippen LogP contribution in [0.15, 0.2) is 24.7 Å². The van der Waals surface area contributed by atoms with Crippen LogP contribution in [0.3, 0.4) is 0 Å². The van der Waals surface area contributed by atoms with E-state index in [0.29, 0.717) is 23.6 Å². The van der Waals surface area contributed by atoms with Crippen molar-refractivity contribution in [2.45, 2.75) is 25.8 Å². The zero-order chi connectivity index (χ0) is 14.8. The number of anilines is 1. The Balaban J connectivity index is 1.89. The number of hydrogen-bond acceptors (Lipinski definition) is 6. The van der Waals surface area contributed by atoms with E-state index >= 15 is 0 Å². The number of rotatable bonds is 2. The largest absolute Gasteiger partial charge is 0.382 e. The molecule has 3 heterocycles. The van der Waals surface area contributed by atoms with Crippen LogP contribution < -0.4 is 5.73 Å². The third-order valence-electron chi connectivity index (χ3n) is 3.70. The highest BCUT2D eigenvalue weighted by atomic mass is 16.2. The summed E-state index contributed by atoms with van der Waals surface area (Å²) in [6.45, 7) is 2.51. The van der Waals surface area contributed by atoms with E-state index in [9.17, 15) is 4.79 Å². The Morgan fingerprint density at radius 1 is 1.38 bits per heavy atom. The van der Waals surface area contributed by atoms with Gasteiger partial charge in [0.15, 0.2) is 0 Å². The number of amides is 1. The van der Waals surface area contributed by atoms with Gasteiger partial charge in [0, 0.05) is 12.7 Å². The molecule has 21 heavy (non-hydrogen) atoms. The van der Waals surface area contributed by atoms with Gasteiger partial charge in [0.25, 0.3) is 5.91 Å². The SMILES string of the molecule is Cc1ncncc1C(=O)N1CCCC1c1ccc(N)nn1. The molecule has 108 valence electrons.